The van der Waals surface area contributed by atoms with E-state index in [9.17, 15) is 0 Å². The van der Waals surface area contributed by atoms with Gasteiger partial charge in [-0.05, 0) is 33.6 Å². The van der Waals surface area contributed by atoms with E-state index in [1.165, 1.54) is 32.5 Å². The zero-order valence-electron chi connectivity index (χ0n) is 11.2. The SMILES string of the molecule is CO[C@@H]1CCN([C@@H]2CCN(C(C)(C)C)C2)C1. The predicted octanol–water partition coefficient (Wildman–Crippen LogP) is 1.58. The molecule has 0 saturated carbocycles. The minimum absolute atomic E-state index is 0.329. The molecule has 16 heavy (non-hydrogen) atoms. The van der Waals surface area contributed by atoms with Crippen molar-refractivity contribution in [2.75, 3.05) is 33.3 Å². The van der Waals surface area contributed by atoms with Gasteiger partial charge in [-0.15, -0.1) is 0 Å². The van der Waals surface area contributed by atoms with Gasteiger partial charge in [0.1, 0.15) is 0 Å². The van der Waals surface area contributed by atoms with E-state index in [0.29, 0.717) is 11.6 Å². The molecule has 0 unspecified atom stereocenters. The number of hydrogen-bond donors (Lipinski definition) is 0. The van der Waals surface area contributed by atoms with E-state index in [0.717, 1.165) is 12.6 Å². The minimum atomic E-state index is 0.329. The summed E-state index contributed by atoms with van der Waals surface area (Å²) in [6.45, 7) is 11.8. The summed E-state index contributed by atoms with van der Waals surface area (Å²) in [6.07, 6.45) is 3.01. The molecule has 0 spiro atoms. The van der Waals surface area contributed by atoms with E-state index >= 15 is 0 Å². The molecule has 0 bridgehead atoms. The highest BCUT2D eigenvalue weighted by molar-refractivity contribution is 4.92. The molecule has 2 atom stereocenters. The van der Waals surface area contributed by atoms with Crippen molar-refractivity contribution in [2.24, 2.45) is 0 Å². The average Bonchev–Trinajstić information content (AvgIpc) is 2.85. The minimum Gasteiger partial charge on any atom is -0.380 e. The molecule has 2 heterocycles. The summed E-state index contributed by atoms with van der Waals surface area (Å²) in [5, 5.41) is 0. The highest BCUT2D eigenvalue weighted by Crippen LogP contribution is 2.26. The van der Waals surface area contributed by atoms with Crippen LogP contribution < -0.4 is 0 Å². The summed E-state index contributed by atoms with van der Waals surface area (Å²) in [5.74, 6) is 0. The summed E-state index contributed by atoms with van der Waals surface area (Å²) in [7, 11) is 1.84. The lowest BCUT2D eigenvalue weighted by Crippen LogP contribution is -2.43. The molecule has 2 aliphatic rings. The third-order valence-electron chi connectivity index (χ3n) is 4.14. The van der Waals surface area contributed by atoms with Crippen LogP contribution in [0, 0.1) is 0 Å². The van der Waals surface area contributed by atoms with E-state index in [2.05, 4.69) is 30.6 Å². The van der Waals surface area contributed by atoms with Crippen molar-refractivity contribution >= 4 is 0 Å². The molecule has 2 fully saturated rings. The fourth-order valence-corrected chi connectivity index (χ4v) is 2.93. The van der Waals surface area contributed by atoms with Crippen molar-refractivity contribution in [3.8, 4) is 0 Å². The Balaban J connectivity index is 1.85. The first-order chi connectivity index (χ1) is 7.50. The second-order valence-corrected chi connectivity index (χ2v) is 6.20. The van der Waals surface area contributed by atoms with Crippen LogP contribution in [0.25, 0.3) is 0 Å². The molecule has 3 nitrogen and oxygen atoms in total. The molecule has 0 aromatic heterocycles. The largest absolute Gasteiger partial charge is 0.380 e. The first-order valence-corrected chi connectivity index (χ1v) is 6.52. The highest BCUT2D eigenvalue weighted by atomic mass is 16.5. The Morgan fingerprint density at radius 1 is 1.06 bits per heavy atom. The van der Waals surface area contributed by atoms with E-state index in [1.54, 1.807) is 0 Å². The van der Waals surface area contributed by atoms with Gasteiger partial charge in [0.05, 0.1) is 6.10 Å². The molecule has 0 aliphatic carbocycles. The van der Waals surface area contributed by atoms with Crippen LogP contribution in [0.4, 0.5) is 0 Å². The maximum absolute atomic E-state index is 5.44. The number of methoxy groups -OCH3 is 1. The van der Waals surface area contributed by atoms with Crippen LogP contribution in [-0.2, 0) is 4.74 Å². The van der Waals surface area contributed by atoms with Gasteiger partial charge in [0.25, 0.3) is 0 Å². The fourth-order valence-electron chi connectivity index (χ4n) is 2.93. The molecule has 0 amide bonds. The van der Waals surface area contributed by atoms with Crippen molar-refractivity contribution in [3.63, 3.8) is 0 Å². The Bertz CT molecular complexity index is 237. The topological polar surface area (TPSA) is 15.7 Å². The molecule has 3 heteroatoms. The monoisotopic (exact) mass is 226 g/mol. The first kappa shape index (κ1) is 12.3. The van der Waals surface area contributed by atoms with Gasteiger partial charge in [-0.1, -0.05) is 0 Å². The Morgan fingerprint density at radius 2 is 1.81 bits per heavy atom. The molecule has 0 radical (unpaired) electrons. The van der Waals surface area contributed by atoms with Gasteiger partial charge in [-0.25, -0.2) is 0 Å². The normalized spacial score (nSPS) is 33.8. The van der Waals surface area contributed by atoms with Gasteiger partial charge in [0, 0.05) is 44.9 Å². The second kappa shape index (κ2) is 4.63. The van der Waals surface area contributed by atoms with Crippen molar-refractivity contribution in [1.82, 2.24) is 9.80 Å². The van der Waals surface area contributed by atoms with Crippen molar-refractivity contribution < 1.29 is 4.74 Å². The lowest BCUT2D eigenvalue weighted by molar-refractivity contribution is 0.0982. The standard InChI is InChI=1S/C13H26N2O/c1-13(2,3)15-8-5-11(9-15)14-7-6-12(10-14)16-4/h11-12H,5-10H2,1-4H3/t11-,12-/m1/s1. The molecule has 2 aliphatic heterocycles. The van der Waals surface area contributed by atoms with Gasteiger partial charge in [0.2, 0.25) is 0 Å². The molecule has 0 aromatic rings. The van der Waals surface area contributed by atoms with E-state index in [1.807, 2.05) is 7.11 Å². The van der Waals surface area contributed by atoms with E-state index < -0.39 is 0 Å². The van der Waals surface area contributed by atoms with Crippen LogP contribution in [0.1, 0.15) is 33.6 Å². The zero-order valence-corrected chi connectivity index (χ0v) is 11.2. The van der Waals surface area contributed by atoms with Crippen LogP contribution in [0.5, 0.6) is 0 Å². The van der Waals surface area contributed by atoms with E-state index in [-0.39, 0.29) is 0 Å². The number of hydrogen-bond acceptors (Lipinski definition) is 3. The molecular weight excluding hydrogens is 200 g/mol. The predicted molar refractivity (Wildman–Crippen MR) is 66.7 cm³/mol. The number of likely N-dealkylation sites (tertiary alicyclic amines) is 2. The van der Waals surface area contributed by atoms with Crippen LogP contribution in [0.2, 0.25) is 0 Å². The summed E-state index contributed by atoms with van der Waals surface area (Å²) < 4.78 is 5.44. The van der Waals surface area contributed by atoms with Gasteiger partial charge in [-0.3, -0.25) is 9.80 Å². The fraction of sp³-hybridized carbons (Fsp3) is 1.00. The summed E-state index contributed by atoms with van der Waals surface area (Å²) in [5.41, 5.74) is 0.329. The maximum Gasteiger partial charge on any atom is 0.0710 e. The van der Waals surface area contributed by atoms with Crippen molar-refractivity contribution in [3.05, 3.63) is 0 Å². The van der Waals surface area contributed by atoms with Crippen LogP contribution in [0.15, 0.2) is 0 Å². The highest BCUT2D eigenvalue weighted by Gasteiger charge is 2.35. The van der Waals surface area contributed by atoms with Crippen LogP contribution in [-0.4, -0.2) is 60.8 Å². The van der Waals surface area contributed by atoms with Gasteiger partial charge >= 0.3 is 0 Å². The third kappa shape index (κ3) is 2.58. The van der Waals surface area contributed by atoms with Gasteiger partial charge in [-0.2, -0.15) is 0 Å². The Hall–Kier alpha value is -0.120. The summed E-state index contributed by atoms with van der Waals surface area (Å²) >= 11 is 0. The molecular formula is C13H26N2O. The number of nitrogens with zero attached hydrogens (tertiary/aromatic N) is 2. The van der Waals surface area contributed by atoms with Crippen molar-refractivity contribution in [1.29, 1.82) is 0 Å². The van der Waals surface area contributed by atoms with E-state index in [4.69, 9.17) is 4.74 Å². The smallest absolute Gasteiger partial charge is 0.0710 e. The Kier molecular flexibility index (Phi) is 3.57. The zero-order chi connectivity index (χ0) is 11.8. The first-order valence-electron chi connectivity index (χ1n) is 6.52. The Morgan fingerprint density at radius 3 is 2.31 bits per heavy atom. The molecule has 2 saturated heterocycles. The van der Waals surface area contributed by atoms with Crippen LogP contribution >= 0.6 is 0 Å². The molecule has 0 N–H and O–H groups in total. The average molecular weight is 226 g/mol. The van der Waals surface area contributed by atoms with Gasteiger partial charge < -0.3 is 4.74 Å². The summed E-state index contributed by atoms with van der Waals surface area (Å²) in [6, 6.07) is 0.763. The quantitative estimate of drug-likeness (QED) is 0.711. The number of rotatable bonds is 2. The van der Waals surface area contributed by atoms with Crippen LogP contribution in [0.3, 0.4) is 0 Å². The lowest BCUT2D eigenvalue weighted by Gasteiger charge is -2.32. The Labute approximate surface area is 99.7 Å². The third-order valence-corrected chi connectivity index (χ3v) is 4.14. The molecule has 94 valence electrons. The lowest BCUT2D eigenvalue weighted by atomic mass is 10.1. The maximum atomic E-state index is 5.44. The van der Waals surface area contributed by atoms with Crippen molar-refractivity contribution in [2.45, 2.75) is 51.3 Å². The number of ether oxygens (including phenoxy) is 1. The molecule has 0 aromatic carbocycles. The molecule has 2 rings (SSSR count). The second-order valence-electron chi connectivity index (χ2n) is 6.20. The van der Waals surface area contributed by atoms with Gasteiger partial charge in [0.15, 0.2) is 0 Å². The summed E-state index contributed by atoms with van der Waals surface area (Å²) in [4.78, 5) is 5.23.